The number of morpholine rings is 1. The highest BCUT2D eigenvalue weighted by Gasteiger charge is 2.25. The summed E-state index contributed by atoms with van der Waals surface area (Å²) in [4.78, 5) is 31.6. The maximum absolute atomic E-state index is 12.8. The first-order valence-electron chi connectivity index (χ1n) is 8.81. The highest BCUT2D eigenvalue weighted by Crippen LogP contribution is 2.21. The number of fused-ring (bicyclic) bond motifs is 1. The lowest BCUT2D eigenvalue weighted by atomic mass is 10.3. The molecular formula is C17H25N5O5. The van der Waals surface area contributed by atoms with Gasteiger partial charge in [-0.05, 0) is 0 Å². The molecule has 3 heterocycles. The van der Waals surface area contributed by atoms with Crippen molar-refractivity contribution < 1.29 is 14.6 Å². The van der Waals surface area contributed by atoms with E-state index >= 15 is 0 Å². The van der Waals surface area contributed by atoms with Gasteiger partial charge in [-0.15, -0.1) is 6.58 Å². The third-order valence-electron chi connectivity index (χ3n) is 4.56. The fourth-order valence-electron chi connectivity index (χ4n) is 3.16. The molecule has 1 aliphatic heterocycles. The summed E-state index contributed by atoms with van der Waals surface area (Å²) >= 11 is 0. The standard InChI is InChI=1S/C17H25N5O5/c1-4-7-27-11-12(23)10-22-13-14(19(2)17(25)20(3)15(13)24)18-16(22)21-5-8-26-9-6-21/h4,12,23H,1,5-11H2,2-3H3. The van der Waals surface area contributed by atoms with Crippen LogP contribution in [0.25, 0.3) is 11.2 Å². The zero-order chi connectivity index (χ0) is 19.6. The lowest BCUT2D eigenvalue weighted by Gasteiger charge is -2.28. The van der Waals surface area contributed by atoms with Crippen LogP contribution in [0.4, 0.5) is 5.95 Å². The molecule has 10 nitrogen and oxygen atoms in total. The Kier molecular flexibility index (Phi) is 5.78. The first-order chi connectivity index (χ1) is 13.0. The molecule has 27 heavy (non-hydrogen) atoms. The number of aromatic nitrogens is 4. The molecule has 2 aromatic heterocycles. The van der Waals surface area contributed by atoms with Crippen LogP contribution in [0.1, 0.15) is 0 Å². The van der Waals surface area contributed by atoms with Gasteiger partial charge in [0.15, 0.2) is 11.2 Å². The maximum atomic E-state index is 12.8. The summed E-state index contributed by atoms with van der Waals surface area (Å²) in [5, 5.41) is 10.4. The molecule has 1 fully saturated rings. The molecule has 0 amide bonds. The zero-order valence-electron chi connectivity index (χ0n) is 15.6. The molecule has 1 N–H and O–H groups in total. The topological polar surface area (TPSA) is 104 Å². The zero-order valence-corrected chi connectivity index (χ0v) is 15.6. The van der Waals surface area contributed by atoms with Crippen LogP contribution in [-0.2, 0) is 30.1 Å². The molecule has 3 rings (SSSR count). The Labute approximate surface area is 155 Å². The summed E-state index contributed by atoms with van der Waals surface area (Å²) in [5.74, 6) is 0.536. The third kappa shape index (κ3) is 3.68. The minimum atomic E-state index is -0.843. The van der Waals surface area contributed by atoms with Crippen LogP contribution in [0.15, 0.2) is 22.2 Å². The molecule has 0 radical (unpaired) electrons. The van der Waals surface area contributed by atoms with Crippen LogP contribution in [0.5, 0.6) is 0 Å². The van der Waals surface area contributed by atoms with Crippen molar-refractivity contribution in [2.45, 2.75) is 12.6 Å². The predicted octanol–water partition coefficient (Wildman–Crippen LogP) is -1.17. The Bertz CT molecular complexity index is 938. The van der Waals surface area contributed by atoms with E-state index in [1.807, 2.05) is 4.90 Å². The van der Waals surface area contributed by atoms with Crippen molar-refractivity contribution in [1.82, 2.24) is 18.7 Å². The summed E-state index contributed by atoms with van der Waals surface area (Å²) in [6.45, 7) is 6.43. The number of anilines is 1. The number of aliphatic hydroxyl groups excluding tert-OH is 1. The van der Waals surface area contributed by atoms with E-state index in [9.17, 15) is 14.7 Å². The van der Waals surface area contributed by atoms with E-state index in [-0.39, 0.29) is 18.7 Å². The number of aryl methyl sites for hydroxylation is 1. The Balaban J connectivity index is 2.10. The quantitative estimate of drug-likeness (QED) is 0.478. The molecule has 0 bridgehead atoms. The molecule has 2 aromatic rings. The molecule has 0 aliphatic carbocycles. The highest BCUT2D eigenvalue weighted by atomic mass is 16.5. The second-order valence-corrected chi connectivity index (χ2v) is 6.48. The van der Waals surface area contributed by atoms with E-state index in [2.05, 4.69) is 11.6 Å². The number of hydrogen-bond acceptors (Lipinski definition) is 7. The Morgan fingerprint density at radius 1 is 1.30 bits per heavy atom. The normalized spacial score (nSPS) is 16.0. The van der Waals surface area contributed by atoms with Crippen LogP contribution in [0, 0.1) is 0 Å². The van der Waals surface area contributed by atoms with Gasteiger partial charge < -0.3 is 24.0 Å². The Morgan fingerprint density at radius 2 is 2.00 bits per heavy atom. The molecule has 1 atom stereocenters. The van der Waals surface area contributed by atoms with Crippen molar-refractivity contribution in [2.75, 3.05) is 44.4 Å². The molecule has 0 saturated carbocycles. The summed E-state index contributed by atoms with van der Waals surface area (Å²) < 4.78 is 14.8. The van der Waals surface area contributed by atoms with Gasteiger partial charge in [0.05, 0.1) is 39.1 Å². The molecule has 1 unspecified atom stereocenters. The number of hydrogen-bond donors (Lipinski definition) is 1. The number of rotatable bonds is 7. The van der Waals surface area contributed by atoms with E-state index in [0.717, 1.165) is 4.57 Å². The minimum Gasteiger partial charge on any atom is -0.389 e. The van der Waals surface area contributed by atoms with Crippen LogP contribution in [0.2, 0.25) is 0 Å². The van der Waals surface area contributed by atoms with Crippen molar-refractivity contribution in [3.8, 4) is 0 Å². The minimum absolute atomic E-state index is 0.0975. The molecular weight excluding hydrogens is 354 g/mol. The fraction of sp³-hybridized carbons (Fsp3) is 0.588. The maximum Gasteiger partial charge on any atom is 0.332 e. The highest BCUT2D eigenvalue weighted by molar-refractivity contribution is 5.74. The van der Waals surface area contributed by atoms with Gasteiger partial charge in [0, 0.05) is 27.2 Å². The molecule has 1 saturated heterocycles. The molecule has 0 aromatic carbocycles. The predicted molar refractivity (Wildman–Crippen MR) is 100 cm³/mol. The smallest absolute Gasteiger partial charge is 0.332 e. The largest absolute Gasteiger partial charge is 0.389 e. The van der Waals surface area contributed by atoms with Crippen molar-refractivity contribution >= 4 is 17.1 Å². The number of imidazole rings is 1. The van der Waals surface area contributed by atoms with Gasteiger partial charge in [0.2, 0.25) is 5.95 Å². The van der Waals surface area contributed by atoms with Gasteiger partial charge >= 0.3 is 5.69 Å². The summed E-state index contributed by atoms with van der Waals surface area (Å²) in [5.41, 5.74) is -0.312. The van der Waals surface area contributed by atoms with E-state index in [1.165, 1.54) is 11.6 Å². The molecule has 10 heteroatoms. The van der Waals surface area contributed by atoms with E-state index in [4.69, 9.17) is 9.47 Å². The Morgan fingerprint density at radius 3 is 2.67 bits per heavy atom. The summed E-state index contributed by atoms with van der Waals surface area (Å²) in [7, 11) is 3.01. The van der Waals surface area contributed by atoms with Crippen LogP contribution < -0.4 is 16.1 Å². The first kappa shape index (κ1) is 19.3. The lowest BCUT2D eigenvalue weighted by Crippen LogP contribution is -2.39. The van der Waals surface area contributed by atoms with Gasteiger partial charge in [-0.1, -0.05) is 6.08 Å². The first-order valence-corrected chi connectivity index (χ1v) is 8.81. The van der Waals surface area contributed by atoms with Crippen molar-refractivity contribution in [3.63, 3.8) is 0 Å². The van der Waals surface area contributed by atoms with Crippen LogP contribution in [0.3, 0.4) is 0 Å². The van der Waals surface area contributed by atoms with E-state index in [1.54, 1.807) is 17.7 Å². The SMILES string of the molecule is C=CCOCC(O)Cn1c(N2CCOCC2)nc2c1c(=O)n(C)c(=O)n2C. The van der Waals surface area contributed by atoms with Crippen molar-refractivity contribution in [1.29, 1.82) is 0 Å². The van der Waals surface area contributed by atoms with Gasteiger partial charge in [-0.2, -0.15) is 4.98 Å². The van der Waals surface area contributed by atoms with Gasteiger partial charge in [-0.3, -0.25) is 13.9 Å². The van der Waals surface area contributed by atoms with Crippen LogP contribution in [-0.4, -0.2) is 69.4 Å². The Hall–Kier alpha value is -2.43. The number of aliphatic hydroxyl groups is 1. The van der Waals surface area contributed by atoms with E-state index < -0.39 is 17.4 Å². The number of ether oxygens (including phenoxy) is 2. The van der Waals surface area contributed by atoms with Crippen LogP contribution >= 0.6 is 0 Å². The van der Waals surface area contributed by atoms with E-state index in [0.29, 0.717) is 44.5 Å². The third-order valence-corrected chi connectivity index (χ3v) is 4.56. The number of nitrogens with zero attached hydrogens (tertiary/aromatic N) is 5. The van der Waals surface area contributed by atoms with Gasteiger partial charge in [-0.25, -0.2) is 4.79 Å². The van der Waals surface area contributed by atoms with Crippen molar-refractivity contribution in [2.24, 2.45) is 14.1 Å². The van der Waals surface area contributed by atoms with Gasteiger partial charge in [0.25, 0.3) is 5.56 Å². The lowest BCUT2D eigenvalue weighted by molar-refractivity contribution is 0.0402. The second kappa shape index (κ2) is 8.07. The molecule has 0 spiro atoms. The average Bonchev–Trinajstić information content (AvgIpc) is 3.05. The molecule has 148 valence electrons. The summed E-state index contributed by atoms with van der Waals surface area (Å²) in [6, 6.07) is 0. The second-order valence-electron chi connectivity index (χ2n) is 6.48. The molecule has 1 aliphatic rings. The monoisotopic (exact) mass is 379 g/mol. The van der Waals surface area contributed by atoms with Crippen molar-refractivity contribution in [3.05, 3.63) is 33.5 Å². The average molecular weight is 379 g/mol. The summed E-state index contributed by atoms with van der Waals surface area (Å²) in [6.07, 6.45) is 0.758. The fourth-order valence-corrected chi connectivity index (χ4v) is 3.16. The van der Waals surface area contributed by atoms with Gasteiger partial charge in [0.1, 0.15) is 0 Å².